The number of nitrogens with two attached hydrogens (primary N) is 1. The summed E-state index contributed by atoms with van der Waals surface area (Å²) in [6, 6.07) is 6.71. The predicted molar refractivity (Wildman–Crippen MR) is 87.7 cm³/mol. The largest absolute Gasteiger partial charge is 0.490 e. The van der Waals surface area contributed by atoms with Crippen LogP contribution in [0.5, 0.6) is 5.75 Å². The monoisotopic (exact) mass is 338 g/mol. The topological polar surface area (TPSA) is 72.6 Å². The van der Waals surface area contributed by atoms with Crippen LogP contribution in [0, 0.1) is 0 Å². The van der Waals surface area contributed by atoms with Crippen molar-refractivity contribution in [3.05, 3.63) is 34.5 Å². The van der Waals surface area contributed by atoms with Crippen molar-refractivity contribution in [1.82, 2.24) is 0 Å². The third kappa shape index (κ3) is 2.60. The summed E-state index contributed by atoms with van der Waals surface area (Å²) in [6.07, 6.45) is 0.566. The molecular formula is C15H18N2O3S2. The van der Waals surface area contributed by atoms with Crippen LogP contribution in [-0.4, -0.2) is 35.2 Å². The molecule has 1 aromatic heterocycles. The summed E-state index contributed by atoms with van der Waals surface area (Å²) in [5, 5.41) is 1.79. The van der Waals surface area contributed by atoms with Gasteiger partial charge >= 0.3 is 0 Å². The number of hydrogen-bond acceptors (Lipinski definition) is 6. The minimum Gasteiger partial charge on any atom is -0.490 e. The highest BCUT2D eigenvalue weighted by Crippen LogP contribution is 2.36. The van der Waals surface area contributed by atoms with Gasteiger partial charge in [0.1, 0.15) is 12.4 Å². The van der Waals surface area contributed by atoms with Gasteiger partial charge in [0, 0.05) is 18.0 Å². The van der Waals surface area contributed by atoms with Gasteiger partial charge in [0.2, 0.25) is 9.84 Å². The molecule has 1 aliphatic rings. The molecule has 0 unspecified atom stereocenters. The highest BCUT2D eigenvalue weighted by atomic mass is 32.2. The minimum atomic E-state index is -3.54. The standard InChI is InChI=1S/C15H18N2O3S2/c1-17-7-8-20-13-10-11(2-3-12(13)17)22(18,19)15-5-9-21-14(15)4-6-16/h2-3,5,9-10H,4,6-8,16H2,1H3. The lowest BCUT2D eigenvalue weighted by Gasteiger charge is -2.27. The zero-order valence-electron chi connectivity index (χ0n) is 12.3. The summed E-state index contributed by atoms with van der Waals surface area (Å²) in [5.41, 5.74) is 6.48. The third-order valence-corrected chi connectivity index (χ3v) is 6.65. The van der Waals surface area contributed by atoms with E-state index in [0.29, 0.717) is 30.2 Å². The van der Waals surface area contributed by atoms with Gasteiger partial charge in [0.25, 0.3) is 0 Å². The molecule has 0 atom stereocenters. The number of rotatable bonds is 4. The molecule has 0 bridgehead atoms. The average Bonchev–Trinajstić information content (AvgIpc) is 2.97. The third-order valence-electron chi connectivity index (χ3n) is 3.70. The Labute approximate surface area is 134 Å². The first kappa shape index (κ1) is 15.3. The van der Waals surface area contributed by atoms with E-state index in [9.17, 15) is 8.42 Å². The lowest BCUT2D eigenvalue weighted by Crippen LogP contribution is -2.28. The Morgan fingerprint density at radius 2 is 2.18 bits per heavy atom. The Hall–Kier alpha value is -1.57. The van der Waals surface area contributed by atoms with Crippen LogP contribution < -0.4 is 15.4 Å². The van der Waals surface area contributed by atoms with Crippen LogP contribution in [0.4, 0.5) is 5.69 Å². The van der Waals surface area contributed by atoms with Crippen LogP contribution in [-0.2, 0) is 16.3 Å². The normalized spacial score (nSPS) is 14.5. The average molecular weight is 338 g/mol. The van der Waals surface area contributed by atoms with Crippen LogP contribution in [0.2, 0.25) is 0 Å². The van der Waals surface area contributed by atoms with Gasteiger partial charge in [-0.05, 0) is 36.5 Å². The molecule has 0 radical (unpaired) electrons. The fraction of sp³-hybridized carbons (Fsp3) is 0.333. The lowest BCUT2D eigenvalue weighted by atomic mass is 10.2. The second-order valence-electron chi connectivity index (χ2n) is 5.15. The number of likely N-dealkylation sites (N-methyl/N-ethyl adjacent to an activating group) is 1. The van der Waals surface area contributed by atoms with Crippen molar-refractivity contribution in [3.8, 4) is 5.75 Å². The Morgan fingerprint density at radius 1 is 1.36 bits per heavy atom. The number of ether oxygens (including phenoxy) is 1. The van der Waals surface area contributed by atoms with E-state index in [4.69, 9.17) is 10.5 Å². The molecular weight excluding hydrogens is 320 g/mol. The fourth-order valence-electron chi connectivity index (χ4n) is 2.51. The zero-order valence-corrected chi connectivity index (χ0v) is 13.9. The van der Waals surface area contributed by atoms with Crippen molar-refractivity contribution in [2.45, 2.75) is 16.2 Å². The Kier molecular flexibility index (Phi) is 4.12. The van der Waals surface area contributed by atoms with Gasteiger partial charge < -0.3 is 15.4 Å². The molecule has 3 rings (SSSR count). The summed E-state index contributed by atoms with van der Waals surface area (Å²) in [4.78, 5) is 3.48. The molecule has 0 saturated carbocycles. The van der Waals surface area contributed by atoms with Gasteiger partial charge in [-0.15, -0.1) is 11.3 Å². The fourth-order valence-corrected chi connectivity index (χ4v) is 5.27. The number of nitrogens with zero attached hydrogens (tertiary/aromatic N) is 1. The molecule has 0 amide bonds. The van der Waals surface area contributed by atoms with Crippen LogP contribution in [0.1, 0.15) is 4.88 Å². The van der Waals surface area contributed by atoms with Gasteiger partial charge in [0.05, 0.1) is 22.0 Å². The first-order valence-electron chi connectivity index (χ1n) is 7.03. The number of thiophene rings is 1. The van der Waals surface area contributed by atoms with E-state index >= 15 is 0 Å². The highest BCUT2D eigenvalue weighted by molar-refractivity contribution is 7.91. The number of sulfone groups is 1. The second-order valence-corrected chi connectivity index (χ2v) is 8.07. The number of benzene rings is 1. The summed E-state index contributed by atoms with van der Waals surface area (Å²) in [5.74, 6) is 0.616. The van der Waals surface area contributed by atoms with Gasteiger partial charge in [-0.1, -0.05) is 0 Å². The SMILES string of the molecule is CN1CCOc2cc(S(=O)(=O)c3ccsc3CCN)ccc21. The zero-order chi connectivity index (χ0) is 15.7. The molecule has 0 fully saturated rings. The molecule has 7 heteroatoms. The molecule has 2 N–H and O–H groups in total. The van der Waals surface area contributed by atoms with Crippen molar-refractivity contribution in [3.63, 3.8) is 0 Å². The Bertz CT molecular complexity index is 784. The number of hydrogen-bond donors (Lipinski definition) is 1. The molecule has 1 aliphatic heterocycles. The van der Waals surface area contributed by atoms with Crippen molar-refractivity contribution >= 4 is 26.9 Å². The van der Waals surface area contributed by atoms with Crippen molar-refractivity contribution in [2.75, 3.05) is 31.6 Å². The maximum Gasteiger partial charge on any atom is 0.207 e. The van der Waals surface area contributed by atoms with Gasteiger partial charge in [-0.2, -0.15) is 0 Å². The van der Waals surface area contributed by atoms with E-state index < -0.39 is 9.84 Å². The van der Waals surface area contributed by atoms with E-state index in [1.54, 1.807) is 29.6 Å². The molecule has 118 valence electrons. The van der Waals surface area contributed by atoms with E-state index in [0.717, 1.165) is 17.1 Å². The van der Waals surface area contributed by atoms with Crippen molar-refractivity contribution in [1.29, 1.82) is 0 Å². The molecule has 1 aromatic carbocycles. The summed E-state index contributed by atoms with van der Waals surface area (Å²) in [7, 11) is -1.58. The van der Waals surface area contributed by atoms with E-state index in [1.165, 1.54) is 11.3 Å². The smallest absolute Gasteiger partial charge is 0.207 e. The van der Waals surface area contributed by atoms with E-state index in [2.05, 4.69) is 4.90 Å². The molecule has 0 saturated heterocycles. The first-order valence-corrected chi connectivity index (χ1v) is 9.40. The molecule has 5 nitrogen and oxygen atoms in total. The van der Waals surface area contributed by atoms with Crippen LogP contribution >= 0.6 is 11.3 Å². The molecule has 22 heavy (non-hydrogen) atoms. The molecule has 0 spiro atoms. The van der Waals surface area contributed by atoms with Crippen LogP contribution in [0.15, 0.2) is 39.4 Å². The molecule has 0 aliphatic carbocycles. The number of anilines is 1. The maximum absolute atomic E-state index is 12.9. The van der Waals surface area contributed by atoms with Crippen molar-refractivity contribution < 1.29 is 13.2 Å². The highest BCUT2D eigenvalue weighted by Gasteiger charge is 2.25. The maximum atomic E-state index is 12.9. The van der Waals surface area contributed by atoms with Gasteiger partial charge in [-0.25, -0.2) is 8.42 Å². The lowest BCUT2D eigenvalue weighted by molar-refractivity contribution is 0.310. The quantitative estimate of drug-likeness (QED) is 0.922. The summed E-state index contributed by atoms with van der Waals surface area (Å²) < 4.78 is 31.3. The van der Waals surface area contributed by atoms with Gasteiger partial charge in [0.15, 0.2) is 0 Å². The predicted octanol–water partition coefficient (Wildman–Crippen LogP) is 1.91. The Balaban J connectivity index is 2.04. The minimum absolute atomic E-state index is 0.262. The first-order chi connectivity index (χ1) is 10.5. The second kappa shape index (κ2) is 5.91. The van der Waals surface area contributed by atoms with E-state index in [-0.39, 0.29) is 4.90 Å². The van der Waals surface area contributed by atoms with Crippen LogP contribution in [0.3, 0.4) is 0 Å². The van der Waals surface area contributed by atoms with Crippen molar-refractivity contribution in [2.24, 2.45) is 5.73 Å². The summed E-state index contributed by atoms with van der Waals surface area (Å²) in [6.45, 7) is 1.79. The van der Waals surface area contributed by atoms with E-state index in [1.807, 2.05) is 7.05 Å². The van der Waals surface area contributed by atoms with Crippen LogP contribution in [0.25, 0.3) is 0 Å². The Morgan fingerprint density at radius 3 is 2.95 bits per heavy atom. The van der Waals surface area contributed by atoms with Gasteiger partial charge in [-0.3, -0.25) is 0 Å². The molecule has 2 heterocycles. The molecule has 2 aromatic rings. The number of fused-ring (bicyclic) bond motifs is 1. The summed E-state index contributed by atoms with van der Waals surface area (Å²) >= 11 is 1.43.